The number of carboxylic acid groups (broad SMARTS) is 1. The Labute approximate surface area is 197 Å². The third-order valence-electron chi connectivity index (χ3n) is 6.32. The smallest absolute Gasteiger partial charge is 0.408 e. The molecule has 1 unspecified atom stereocenters. The fourth-order valence-electron chi connectivity index (χ4n) is 4.13. The maximum Gasteiger partial charge on any atom is 0.408 e. The van der Waals surface area contributed by atoms with Gasteiger partial charge in [0, 0.05) is 11.6 Å². The fourth-order valence-corrected chi connectivity index (χ4v) is 4.13. The Morgan fingerprint density at radius 2 is 1.47 bits per heavy atom. The lowest BCUT2D eigenvalue weighted by atomic mass is 9.97. The van der Waals surface area contributed by atoms with Gasteiger partial charge in [0.05, 0.1) is 5.56 Å². The number of hydrogen-bond acceptors (Lipinski definition) is 4. The summed E-state index contributed by atoms with van der Waals surface area (Å²) in [7, 11) is 0. The first-order valence-corrected chi connectivity index (χ1v) is 11.1. The number of fused-ring (bicyclic) bond motifs is 3. The minimum atomic E-state index is -1.21. The van der Waals surface area contributed by atoms with E-state index in [2.05, 4.69) is 22.8 Å². The first kappa shape index (κ1) is 23.0. The fraction of sp³-hybridized carbons (Fsp3) is 0.222. The number of hydrogen-bond donors (Lipinski definition) is 3. The molecule has 1 aliphatic carbocycles. The molecule has 3 aromatic carbocycles. The summed E-state index contributed by atoms with van der Waals surface area (Å²) >= 11 is 0. The number of alkyl carbamates (subject to hydrolysis) is 1. The summed E-state index contributed by atoms with van der Waals surface area (Å²) in [5.41, 5.74) is 3.83. The van der Waals surface area contributed by atoms with Crippen LogP contribution in [0.4, 0.5) is 10.5 Å². The van der Waals surface area contributed by atoms with Gasteiger partial charge in [-0.2, -0.15) is 0 Å². The summed E-state index contributed by atoms with van der Waals surface area (Å²) in [4.78, 5) is 36.6. The lowest BCUT2D eigenvalue weighted by Gasteiger charge is -2.28. The maximum atomic E-state index is 12.9. The summed E-state index contributed by atoms with van der Waals surface area (Å²) < 4.78 is 5.58. The molecule has 0 spiro atoms. The molecule has 0 saturated heterocycles. The average molecular weight is 459 g/mol. The molecule has 0 bridgehead atoms. The molecule has 0 heterocycles. The van der Waals surface area contributed by atoms with E-state index in [9.17, 15) is 14.4 Å². The molecule has 1 atom stereocenters. The average Bonchev–Trinajstić information content (AvgIpc) is 3.16. The first-order chi connectivity index (χ1) is 16.3. The largest absolute Gasteiger partial charge is 0.478 e. The van der Waals surface area contributed by atoms with Crippen LogP contribution in [-0.2, 0) is 9.53 Å². The topological polar surface area (TPSA) is 105 Å². The molecular formula is C27H26N2O5. The third kappa shape index (κ3) is 4.50. The van der Waals surface area contributed by atoms with E-state index < -0.39 is 23.5 Å². The number of ether oxygens (including phenoxy) is 1. The van der Waals surface area contributed by atoms with Gasteiger partial charge in [-0.1, -0.05) is 55.5 Å². The van der Waals surface area contributed by atoms with Crippen LogP contribution in [0.2, 0.25) is 0 Å². The van der Waals surface area contributed by atoms with E-state index >= 15 is 0 Å². The lowest BCUT2D eigenvalue weighted by molar-refractivity contribution is -0.121. The molecule has 2 amide bonds. The summed E-state index contributed by atoms with van der Waals surface area (Å²) in [6, 6.07) is 22.0. The van der Waals surface area contributed by atoms with Gasteiger partial charge >= 0.3 is 12.1 Å². The zero-order valence-electron chi connectivity index (χ0n) is 19.0. The summed E-state index contributed by atoms with van der Waals surface area (Å²) in [6.07, 6.45) is -0.349. The predicted octanol–water partition coefficient (Wildman–Crippen LogP) is 5.03. The number of anilines is 1. The molecule has 4 rings (SSSR count). The Morgan fingerprint density at radius 3 is 2.00 bits per heavy atom. The SMILES string of the molecule is CCC(C)(NC(=O)OCC1c2ccccc2-c2ccccc21)C(=O)Nc1ccc(C(=O)O)cc1. The number of amides is 2. The number of rotatable bonds is 7. The van der Waals surface area contributed by atoms with Crippen molar-refractivity contribution in [3.63, 3.8) is 0 Å². The van der Waals surface area contributed by atoms with Gasteiger partial charge in [0.1, 0.15) is 12.1 Å². The molecule has 3 N–H and O–H groups in total. The Kier molecular flexibility index (Phi) is 6.36. The van der Waals surface area contributed by atoms with Crippen molar-refractivity contribution in [2.24, 2.45) is 0 Å². The second-order valence-corrected chi connectivity index (χ2v) is 8.47. The van der Waals surface area contributed by atoms with Crippen LogP contribution in [0.15, 0.2) is 72.8 Å². The normalized spacial score (nSPS) is 13.8. The van der Waals surface area contributed by atoms with Gasteiger partial charge in [-0.25, -0.2) is 9.59 Å². The van der Waals surface area contributed by atoms with Gasteiger partial charge in [0.15, 0.2) is 0 Å². The minimum absolute atomic E-state index is 0.0763. The van der Waals surface area contributed by atoms with Gasteiger partial charge in [-0.15, -0.1) is 0 Å². The number of carbonyl (C=O) groups excluding carboxylic acids is 2. The third-order valence-corrected chi connectivity index (χ3v) is 6.32. The first-order valence-electron chi connectivity index (χ1n) is 11.1. The van der Waals surface area contributed by atoms with Crippen LogP contribution in [0.1, 0.15) is 47.7 Å². The highest BCUT2D eigenvalue weighted by Crippen LogP contribution is 2.44. The Hall–Kier alpha value is -4.13. The van der Waals surface area contributed by atoms with Gasteiger partial charge in [0.2, 0.25) is 5.91 Å². The Balaban J connectivity index is 1.41. The highest BCUT2D eigenvalue weighted by Gasteiger charge is 2.35. The van der Waals surface area contributed by atoms with Crippen molar-refractivity contribution < 1.29 is 24.2 Å². The zero-order valence-corrected chi connectivity index (χ0v) is 19.0. The molecule has 0 aliphatic heterocycles. The molecule has 0 radical (unpaired) electrons. The molecule has 174 valence electrons. The number of aromatic carboxylic acids is 1. The molecule has 3 aromatic rings. The second kappa shape index (κ2) is 9.39. The molecule has 0 saturated carbocycles. The zero-order chi connectivity index (χ0) is 24.3. The Morgan fingerprint density at radius 1 is 0.912 bits per heavy atom. The molecular weight excluding hydrogens is 432 g/mol. The second-order valence-electron chi connectivity index (χ2n) is 8.47. The lowest BCUT2D eigenvalue weighted by Crippen LogP contribution is -2.54. The Bertz CT molecular complexity index is 1190. The van der Waals surface area contributed by atoms with E-state index in [-0.39, 0.29) is 18.1 Å². The highest BCUT2D eigenvalue weighted by molar-refractivity contribution is 6.00. The molecule has 0 fully saturated rings. The van der Waals surface area contributed by atoms with Gasteiger partial charge in [0.25, 0.3) is 0 Å². The van der Waals surface area contributed by atoms with Crippen molar-refractivity contribution >= 4 is 23.7 Å². The van der Waals surface area contributed by atoms with E-state index in [4.69, 9.17) is 9.84 Å². The van der Waals surface area contributed by atoms with E-state index in [0.29, 0.717) is 12.1 Å². The van der Waals surface area contributed by atoms with Crippen molar-refractivity contribution in [1.82, 2.24) is 5.32 Å². The van der Waals surface area contributed by atoms with E-state index in [0.717, 1.165) is 22.3 Å². The van der Waals surface area contributed by atoms with E-state index in [1.165, 1.54) is 24.3 Å². The molecule has 7 heteroatoms. The molecule has 34 heavy (non-hydrogen) atoms. The van der Waals surface area contributed by atoms with Crippen LogP contribution < -0.4 is 10.6 Å². The van der Waals surface area contributed by atoms with Gasteiger partial charge in [-0.05, 0) is 59.9 Å². The van der Waals surface area contributed by atoms with Crippen molar-refractivity contribution in [3.05, 3.63) is 89.5 Å². The van der Waals surface area contributed by atoms with Crippen LogP contribution in [0.3, 0.4) is 0 Å². The van der Waals surface area contributed by atoms with Crippen LogP contribution in [0.5, 0.6) is 0 Å². The van der Waals surface area contributed by atoms with Crippen molar-refractivity contribution in [2.75, 3.05) is 11.9 Å². The number of carboxylic acids is 1. The van der Waals surface area contributed by atoms with Crippen LogP contribution in [0, 0.1) is 0 Å². The summed E-state index contributed by atoms with van der Waals surface area (Å²) in [5, 5.41) is 14.4. The van der Waals surface area contributed by atoms with Crippen molar-refractivity contribution in [2.45, 2.75) is 31.7 Å². The monoisotopic (exact) mass is 458 g/mol. The number of benzene rings is 3. The summed E-state index contributed by atoms with van der Waals surface area (Å²) in [6.45, 7) is 3.56. The quantitative estimate of drug-likeness (QED) is 0.461. The van der Waals surface area contributed by atoms with E-state index in [1.54, 1.807) is 13.8 Å². The minimum Gasteiger partial charge on any atom is -0.478 e. The molecule has 0 aromatic heterocycles. The maximum absolute atomic E-state index is 12.9. The van der Waals surface area contributed by atoms with Crippen LogP contribution in [0.25, 0.3) is 11.1 Å². The number of nitrogens with one attached hydrogen (secondary N) is 2. The van der Waals surface area contributed by atoms with Crippen molar-refractivity contribution in [1.29, 1.82) is 0 Å². The van der Waals surface area contributed by atoms with Crippen LogP contribution in [-0.4, -0.2) is 35.2 Å². The standard InChI is InChI=1S/C27H26N2O5/c1-3-27(2,25(32)28-18-14-12-17(13-15-18)24(30)31)29-26(33)34-16-23-21-10-6-4-8-19(21)20-9-5-7-11-22(20)23/h4-15,23H,3,16H2,1-2H3,(H,28,32)(H,29,33)(H,30,31). The van der Waals surface area contributed by atoms with Gasteiger partial charge in [-0.3, -0.25) is 4.79 Å². The highest BCUT2D eigenvalue weighted by atomic mass is 16.5. The summed E-state index contributed by atoms with van der Waals surface area (Å²) in [5.74, 6) is -1.55. The molecule has 7 nitrogen and oxygen atoms in total. The predicted molar refractivity (Wildman–Crippen MR) is 129 cm³/mol. The van der Waals surface area contributed by atoms with Crippen LogP contribution >= 0.6 is 0 Å². The van der Waals surface area contributed by atoms with Gasteiger partial charge < -0.3 is 20.5 Å². The van der Waals surface area contributed by atoms with E-state index in [1.807, 2.05) is 36.4 Å². The molecule has 1 aliphatic rings. The number of carbonyl (C=O) groups is 3. The van der Waals surface area contributed by atoms with Crippen molar-refractivity contribution in [3.8, 4) is 11.1 Å².